The largest absolute Gasteiger partial charge is 0.0713 e. The molecule has 0 aromatic heterocycles. The van der Waals surface area contributed by atoms with Crippen LogP contribution in [0.5, 0.6) is 0 Å². The lowest BCUT2D eigenvalue weighted by Gasteiger charge is -2.34. The molecule has 196 valence electrons. The van der Waals surface area contributed by atoms with Crippen LogP contribution < -0.4 is 0 Å². The van der Waals surface area contributed by atoms with Gasteiger partial charge < -0.3 is 0 Å². The number of halogens is 1. The predicted octanol–water partition coefficient (Wildman–Crippen LogP) is 10.6. The number of rotatable bonds is 3. The third-order valence-corrected chi connectivity index (χ3v) is 10.3. The Morgan fingerprint density at radius 3 is 1.61 bits per heavy atom. The molecule has 0 nitrogen and oxygen atoms in total. The molecule has 41 heavy (non-hydrogen) atoms. The Labute approximate surface area is 255 Å². The van der Waals surface area contributed by atoms with Gasteiger partial charge in [0.05, 0.1) is 5.41 Å². The molecule has 0 aliphatic heterocycles. The third-order valence-electron chi connectivity index (χ3n) is 9.41. The summed E-state index contributed by atoms with van der Waals surface area (Å²) in [7, 11) is 0. The molecule has 0 heterocycles. The van der Waals surface area contributed by atoms with E-state index in [1.54, 1.807) is 0 Å². The van der Waals surface area contributed by atoms with Crippen molar-refractivity contribution in [3.8, 4) is 33.4 Å². The molecule has 2 aliphatic carbocycles. The van der Waals surface area contributed by atoms with E-state index < -0.39 is 0 Å². The molecule has 6 aromatic carbocycles. The van der Waals surface area contributed by atoms with E-state index in [1.807, 2.05) is 0 Å². The zero-order valence-corrected chi connectivity index (χ0v) is 25.3. The summed E-state index contributed by atoms with van der Waals surface area (Å²) in [6, 6.07) is 52.0. The van der Waals surface area contributed by atoms with Crippen LogP contribution in [0.25, 0.3) is 33.4 Å². The summed E-state index contributed by atoms with van der Waals surface area (Å²) in [5, 5.41) is 0. The van der Waals surface area contributed by atoms with Gasteiger partial charge in [-0.3, -0.25) is 0 Å². The number of hydrogen-bond donors (Lipinski definition) is 0. The molecule has 0 spiro atoms. The SMILES string of the molecule is CC1(C)c2cc(-c3ccc4c(c3)C(c3ccccc3)(c3ccccc3)c3ccccc3-4)ccc2-c2cccc(I)c21. The van der Waals surface area contributed by atoms with Crippen LogP contribution in [0.3, 0.4) is 0 Å². The maximum atomic E-state index is 2.50. The maximum absolute atomic E-state index is 2.50. The Bertz CT molecular complexity index is 1930. The summed E-state index contributed by atoms with van der Waals surface area (Å²) in [6.45, 7) is 4.75. The Hall–Kier alpha value is -3.95. The monoisotopic (exact) mass is 636 g/mol. The fourth-order valence-corrected chi connectivity index (χ4v) is 8.79. The van der Waals surface area contributed by atoms with Gasteiger partial charge in [0.15, 0.2) is 0 Å². The van der Waals surface area contributed by atoms with E-state index in [1.165, 1.54) is 70.3 Å². The van der Waals surface area contributed by atoms with Gasteiger partial charge in [-0.2, -0.15) is 0 Å². The van der Waals surface area contributed by atoms with Gasteiger partial charge in [0.2, 0.25) is 0 Å². The lowest BCUT2D eigenvalue weighted by atomic mass is 9.67. The van der Waals surface area contributed by atoms with Crippen molar-refractivity contribution in [1.82, 2.24) is 0 Å². The molecule has 0 N–H and O–H groups in total. The molecule has 8 rings (SSSR count). The van der Waals surface area contributed by atoms with Crippen molar-refractivity contribution in [2.75, 3.05) is 0 Å². The van der Waals surface area contributed by atoms with E-state index in [0.29, 0.717) is 0 Å². The van der Waals surface area contributed by atoms with Gasteiger partial charge in [-0.25, -0.2) is 0 Å². The summed E-state index contributed by atoms with van der Waals surface area (Å²) in [6.07, 6.45) is 0. The lowest BCUT2D eigenvalue weighted by Crippen LogP contribution is -2.28. The van der Waals surface area contributed by atoms with E-state index in [9.17, 15) is 0 Å². The predicted molar refractivity (Wildman–Crippen MR) is 179 cm³/mol. The number of benzene rings is 6. The second-order valence-corrected chi connectivity index (χ2v) is 13.0. The first-order chi connectivity index (χ1) is 20.0. The van der Waals surface area contributed by atoms with Crippen molar-refractivity contribution < 1.29 is 0 Å². The smallest absolute Gasteiger partial charge is 0.0622 e. The maximum Gasteiger partial charge on any atom is 0.0713 e. The van der Waals surface area contributed by atoms with E-state index >= 15 is 0 Å². The van der Waals surface area contributed by atoms with Crippen molar-refractivity contribution in [3.63, 3.8) is 0 Å². The molecule has 0 radical (unpaired) electrons. The van der Waals surface area contributed by atoms with Crippen LogP contribution >= 0.6 is 22.6 Å². The van der Waals surface area contributed by atoms with Gasteiger partial charge in [-0.15, -0.1) is 0 Å². The van der Waals surface area contributed by atoms with Gasteiger partial charge in [0, 0.05) is 8.99 Å². The number of hydrogen-bond acceptors (Lipinski definition) is 0. The molecule has 0 saturated heterocycles. The summed E-state index contributed by atoms with van der Waals surface area (Å²) in [4.78, 5) is 0. The first-order valence-electron chi connectivity index (χ1n) is 14.3. The van der Waals surface area contributed by atoms with Gasteiger partial charge in [-0.1, -0.05) is 135 Å². The quantitative estimate of drug-likeness (QED) is 0.169. The van der Waals surface area contributed by atoms with E-state index in [0.717, 1.165) is 0 Å². The van der Waals surface area contributed by atoms with Crippen LogP contribution in [0.4, 0.5) is 0 Å². The average Bonchev–Trinajstić information content (AvgIpc) is 3.44. The first kappa shape index (κ1) is 24.8. The highest BCUT2D eigenvalue weighted by Gasteiger charge is 2.46. The summed E-state index contributed by atoms with van der Waals surface area (Å²) < 4.78 is 1.34. The van der Waals surface area contributed by atoms with E-state index in [-0.39, 0.29) is 10.8 Å². The molecule has 2 aliphatic rings. The Kier molecular flexibility index (Phi) is 5.46. The number of fused-ring (bicyclic) bond motifs is 6. The minimum atomic E-state index is -0.382. The molecule has 0 amide bonds. The van der Waals surface area contributed by atoms with Gasteiger partial charge in [0.25, 0.3) is 0 Å². The highest BCUT2D eigenvalue weighted by molar-refractivity contribution is 14.1. The lowest BCUT2D eigenvalue weighted by molar-refractivity contribution is 0.657. The molecular formula is C40H29I. The molecule has 1 heteroatoms. The summed E-state index contributed by atoms with van der Waals surface area (Å²) in [5.74, 6) is 0. The van der Waals surface area contributed by atoms with Crippen LogP contribution in [0.15, 0.2) is 140 Å². The summed E-state index contributed by atoms with van der Waals surface area (Å²) >= 11 is 2.50. The Balaban J connectivity index is 1.38. The zero-order valence-electron chi connectivity index (χ0n) is 23.2. The average molecular weight is 637 g/mol. The van der Waals surface area contributed by atoms with Crippen LogP contribution in [0.2, 0.25) is 0 Å². The van der Waals surface area contributed by atoms with Crippen molar-refractivity contribution >= 4 is 22.6 Å². The molecule has 0 atom stereocenters. The van der Waals surface area contributed by atoms with Crippen molar-refractivity contribution in [3.05, 3.63) is 176 Å². The fraction of sp³-hybridized carbons (Fsp3) is 0.100. The molecule has 6 aromatic rings. The van der Waals surface area contributed by atoms with Crippen LogP contribution in [0, 0.1) is 3.57 Å². The van der Waals surface area contributed by atoms with Crippen LogP contribution in [-0.4, -0.2) is 0 Å². The summed E-state index contributed by atoms with van der Waals surface area (Å²) in [5.41, 5.74) is 15.7. The highest BCUT2D eigenvalue weighted by atomic mass is 127. The van der Waals surface area contributed by atoms with Crippen LogP contribution in [0.1, 0.15) is 47.2 Å². The van der Waals surface area contributed by atoms with Crippen molar-refractivity contribution in [2.24, 2.45) is 0 Å². The second-order valence-electron chi connectivity index (χ2n) is 11.8. The normalized spacial score (nSPS) is 15.1. The van der Waals surface area contributed by atoms with Crippen LogP contribution in [-0.2, 0) is 10.8 Å². The van der Waals surface area contributed by atoms with Gasteiger partial charge in [-0.05, 0) is 108 Å². The molecule has 0 bridgehead atoms. The van der Waals surface area contributed by atoms with Crippen molar-refractivity contribution in [1.29, 1.82) is 0 Å². The Morgan fingerprint density at radius 1 is 0.439 bits per heavy atom. The topological polar surface area (TPSA) is 0 Å². The second kappa shape index (κ2) is 9.03. The van der Waals surface area contributed by atoms with E-state index in [2.05, 4.69) is 176 Å². The Morgan fingerprint density at radius 2 is 0.951 bits per heavy atom. The zero-order chi connectivity index (χ0) is 27.8. The molecule has 0 unspecified atom stereocenters. The fourth-order valence-electron chi connectivity index (χ4n) is 7.62. The molecule has 0 saturated carbocycles. The minimum Gasteiger partial charge on any atom is -0.0622 e. The van der Waals surface area contributed by atoms with Gasteiger partial charge >= 0.3 is 0 Å². The highest BCUT2D eigenvalue weighted by Crippen LogP contribution is 2.57. The minimum absolute atomic E-state index is 0.0384. The van der Waals surface area contributed by atoms with Gasteiger partial charge in [0.1, 0.15) is 0 Å². The third kappa shape index (κ3) is 3.39. The standard InChI is InChI=1S/C40H29I/c1-39(2)35-24-26(21-23-32(35)33-17-11-19-37(41)38(33)39)27-20-22-31-30-16-9-10-18-34(30)40(36(31)25-27,28-12-5-3-6-13-28)29-14-7-4-8-15-29/h3-25H,1-2H3. The molecular weight excluding hydrogens is 607 g/mol. The first-order valence-corrected chi connectivity index (χ1v) is 15.4. The van der Waals surface area contributed by atoms with Crippen molar-refractivity contribution in [2.45, 2.75) is 24.7 Å². The molecule has 0 fully saturated rings. The van der Waals surface area contributed by atoms with E-state index in [4.69, 9.17) is 0 Å².